The van der Waals surface area contributed by atoms with E-state index in [-0.39, 0.29) is 0 Å². The number of aryl methyl sites for hydroxylation is 1. The molecule has 0 radical (unpaired) electrons. The van der Waals surface area contributed by atoms with Gasteiger partial charge in [-0.25, -0.2) is 0 Å². The van der Waals surface area contributed by atoms with Gasteiger partial charge in [-0.05, 0) is 37.3 Å². The molecule has 0 saturated carbocycles. The first kappa shape index (κ1) is 18.0. The Bertz CT molecular complexity index is 577. The van der Waals surface area contributed by atoms with Crippen LogP contribution in [-0.2, 0) is 13.0 Å². The molecule has 0 aliphatic carbocycles. The van der Waals surface area contributed by atoms with Crippen molar-refractivity contribution in [3.05, 3.63) is 54.4 Å². The predicted molar refractivity (Wildman–Crippen MR) is 100 cm³/mol. The minimum absolute atomic E-state index is 0.449. The van der Waals surface area contributed by atoms with Crippen LogP contribution in [0, 0.1) is 5.92 Å². The third-order valence-electron chi connectivity index (χ3n) is 3.74. The lowest BCUT2D eigenvalue weighted by Crippen LogP contribution is -2.38. The van der Waals surface area contributed by atoms with Gasteiger partial charge in [-0.2, -0.15) is 5.10 Å². The van der Waals surface area contributed by atoms with Crippen molar-refractivity contribution in [1.29, 1.82) is 0 Å². The van der Waals surface area contributed by atoms with E-state index < -0.39 is 0 Å². The van der Waals surface area contributed by atoms with Crippen LogP contribution in [0.4, 0.5) is 0 Å². The molecule has 130 valence electrons. The molecule has 0 saturated heterocycles. The summed E-state index contributed by atoms with van der Waals surface area (Å²) in [6.45, 7) is 7.77. The highest BCUT2D eigenvalue weighted by molar-refractivity contribution is 5.79. The molecule has 1 aromatic carbocycles. The van der Waals surface area contributed by atoms with Crippen molar-refractivity contribution in [3.63, 3.8) is 0 Å². The summed E-state index contributed by atoms with van der Waals surface area (Å²) < 4.78 is 1.96. The molecule has 0 amide bonds. The van der Waals surface area contributed by atoms with Crippen molar-refractivity contribution in [1.82, 2.24) is 20.4 Å². The van der Waals surface area contributed by atoms with Crippen molar-refractivity contribution in [3.8, 4) is 0 Å². The largest absolute Gasteiger partial charge is 0.357 e. The molecule has 5 heteroatoms. The second-order valence-electron chi connectivity index (χ2n) is 6.07. The van der Waals surface area contributed by atoms with Crippen LogP contribution in [0.25, 0.3) is 0 Å². The second-order valence-corrected chi connectivity index (χ2v) is 6.07. The summed E-state index contributed by atoms with van der Waals surface area (Å²) in [4.78, 5) is 4.69. The van der Waals surface area contributed by atoms with E-state index in [1.807, 2.05) is 23.1 Å². The van der Waals surface area contributed by atoms with E-state index in [0.29, 0.717) is 5.92 Å². The number of benzene rings is 1. The molecule has 0 spiro atoms. The van der Waals surface area contributed by atoms with Gasteiger partial charge in [0.15, 0.2) is 5.96 Å². The number of nitrogens with one attached hydrogen (secondary N) is 2. The molecule has 2 rings (SSSR count). The van der Waals surface area contributed by atoms with Crippen molar-refractivity contribution in [2.45, 2.75) is 33.2 Å². The van der Waals surface area contributed by atoms with Gasteiger partial charge in [-0.3, -0.25) is 9.67 Å². The number of hydrogen-bond acceptors (Lipinski definition) is 2. The Balaban J connectivity index is 1.71. The Labute approximate surface area is 145 Å². The Hall–Kier alpha value is -2.30. The van der Waals surface area contributed by atoms with Crippen LogP contribution < -0.4 is 10.6 Å². The third kappa shape index (κ3) is 6.86. The van der Waals surface area contributed by atoms with Gasteiger partial charge in [0.25, 0.3) is 0 Å². The predicted octanol–water partition coefficient (Wildman–Crippen LogP) is 2.71. The summed E-state index contributed by atoms with van der Waals surface area (Å²) in [6, 6.07) is 12.5. The fourth-order valence-corrected chi connectivity index (χ4v) is 2.52. The molecule has 1 unspecified atom stereocenters. The smallest absolute Gasteiger partial charge is 0.191 e. The molecule has 1 atom stereocenters. The van der Waals surface area contributed by atoms with Crippen molar-refractivity contribution in [2.75, 3.05) is 19.6 Å². The highest BCUT2D eigenvalue weighted by Gasteiger charge is 2.04. The summed E-state index contributed by atoms with van der Waals surface area (Å²) in [5.41, 5.74) is 1.38. The molecular formula is C19H29N5. The molecule has 0 bridgehead atoms. The first-order valence-corrected chi connectivity index (χ1v) is 8.81. The third-order valence-corrected chi connectivity index (χ3v) is 3.74. The summed E-state index contributed by atoms with van der Waals surface area (Å²) in [6.07, 6.45) is 5.99. The molecule has 24 heavy (non-hydrogen) atoms. The van der Waals surface area contributed by atoms with E-state index in [2.05, 4.69) is 59.9 Å². The number of aliphatic imine (C=N–C) groups is 1. The summed E-state index contributed by atoms with van der Waals surface area (Å²) in [5.74, 6) is 1.35. The number of nitrogens with zero attached hydrogens (tertiary/aromatic N) is 3. The summed E-state index contributed by atoms with van der Waals surface area (Å²) in [5, 5.41) is 11.0. The molecule has 1 aromatic heterocycles. The average molecular weight is 327 g/mol. The molecule has 5 nitrogen and oxygen atoms in total. The van der Waals surface area contributed by atoms with Gasteiger partial charge in [0, 0.05) is 38.6 Å². The first-order valence-electron chi connectivity index (χ1n) is 8.81. The fraction of sp³-hybridized carbons (Fsp3) is 0.474. The van der Waals surface area contributed by atoms with E-state index in [9.17, 15) is 0 Å². The van der Waals surface area contributed by atoms with Crippen LogP contribution >= 0.6 is 0 Å². The van der Waals surface area contributed by atoms with E-state index in [1.165, 1.54) is 5.56 Å². The van der Waals surface area contributed by atoms with Crippen LogP contribution in [0.3, 0.4) is 0 Å². The highest BCUT2D eigenvalue weighted by Crippen LogP contribution is 2.02. The SMILES string of the molecule is CCNC(=NCC(C)Cn1cccn1)NCCCc1ccccc1. The van der Waals surface area contributed by atoms with Gasteiger partial charge in [0.2, 0.25) is 0 Å². The zero-order valence-corrected chi connectivity index (χ0v) is 14.8. The van der Waals surface area contributed by atoms with Gasteiger partial charge in [-0.1, -0.05) is 37.3 Å². The first-order chi connectivity index (χ1) is 11.8. The van der Waals surface area contributed by atoms with Crippen LogP contribution in [0.5, 0.6) is 0 Å². The lowest BCUT2D eigenvalue weighted by Gasteiger charge is -2.13. The number of guanidine groups is 1. The normalized spacial score (nSPS) is 12.8. The van der Waals surface area contributed by atoms with E-state index in [0.717, 1.165) is 45.0 Å². The molecule has 1 heterocycles. The molecule has 2 aromatic rings. The lowest BCUT2D eigenvalue weighted by atomic mass is 10.1. The average Bonchev–Trinajstić information content (AvgIpc) is 3.10. The van der Waals surface area contributed by atoms with Gasteiger partial charge in [0.1, 0.15) is 0 Å². The fourth-order valence-electron chi connectivity index (χ4n) is 2.52. The number of hydrogen-bond donors (Lipinski definition) is 2. The number of aromatic nitrogens is 2. The van der Waals surface area contributed by atoms with Crippen molar-refractivity contribution < 1.29 is 0 Å². The van der Waals surface area contributed by atoms with Crippen LogP contribution in [-0.4, -0.2) is 35.4 Å². The minimum Gasteiger partial charge on any atom is -0.357 e. The highest BCUT2D eigenvalue weighted by atomic mass is 15.3. The maximum atomic E-state index is 4.69. The topological polar surface area (TPSA) is 54.2 Å². The Morgan fingerprint density at radius 1 is 1.21 bits per heavy atom. The maximum absolute atomic E-state index is 4.69. The van der Waals surface area contributed by atoms with E-state index in [1.54, 1.807) is 0 Å². The Morgan fingerprint density at radius 3 is 2.75 bits per heavy atom. The summed E-state index contributed by atoms with van der Waals surface area (Å²) in [7, 11) is 0. The molecule has 2 N–H and O–H groups in total. The van der Waals surface area contributed by atoms with Crippen LogP contribution in [0.1, 0.15) is 25.8 Å². The molecule has 0 aliphatic rings. The molecular weight excluding hydrogens is 298 g/mol. The molecule has 0 fully saturated rings. The lowest BCUT2D eigenvalue weighted by molar-refractivity contribution is 0.458. The summed E-state index contributed by atoms with van der Waals surface area (Å²) >= 11 is 0. The Kier molecular flexibility index (Phi) is 7.87. The van der Waals surface area contributed by atoms with Crippen LogP contribution in [0.2, 0.25) is 0 Å². The standard InChI is InChI=1S/C19H29N5/c1-3-20-19(21-12-7-11-18-9-5-4-6-10-18)22-15-17(2)16-24-14-8-13-23-24/h4-6,8-10,13-14,17H,3,7,11-12,15-16H2,1-2H3,(H2,20,21,22). The van der Waals surface area contributed by atoms with E-state index in [4.69, 9.17) is 4.99 Å². The zero-order chi connectivity index (χ0) is 17.0. The van der Waals surface area contributed by atoms with E-state index >= 15 is 0 Å². The second kappa shape index (κ2) is 10.5. The zero-order valence-electron chi connectivity index (χ0n) is 14.8. The monoisotopic (exact) mass is 327 g/mol. The van der Waals surface area contributed by atoms with Gasteiger partial charge in [-0.15, -0.1) is 0 Å². The number of rotatable bonds is 9. The van der Waals surface area contributed by atoms with Gasteiger partial charge < -0.3 is 10.6 Å². The van der Waals surface area contributed by atoms with Gasteiger partial charge in [0.05, 0.1) is 0 Å². The van der Waals surface area contributed by atoms with Crippen LogP contribution in [0.15, 0.2) is 53.8 Å². The maximum Gasteiger partial charge on any atom is 0.191 e. The minimum atomic E-state index is 0.449. The quantitative estimate of drug-likeness (QED) is 0.423. The van der Waals surface area contributed by atoms with Crippen molar-refractivity contribution in [2.24, 2.45) is 10.9 Å². The van der Waals surface area contributed by atoms with Crippen molar-refractivity contribution >= 4 is 5.96 Å². The Morgan fingerprint density at radius 2 is 2.04 bits per heavy atom. The van der Waals surface area contributed by atoms with Gasteiger partial charge >= 0.3 is 0 Å². The molecule has 0 aliphatic heterocycles.